The summed E-state index contributed by atoms with van der Waals surface area (Å²) < 4.78 is 13.4. The van der Waals surface area contributed by atoms with Crippen molar-refractivity contribution in [2.75, 3.05) is 0 Å². The van der Waals surface area contributed by atoms with Crippen LogP contribution in [0.15, 0.2) is 134 Å². The number of carboxylic acid groups (broad SMARTS) is 2. The van der Waals surface area contributed by atoms with Crippen molar-refractivity contribution in [1.82, 2.24) is 25.6 Å². The molecule has 0 saturated carbocycles. The summed E-state index contributed by atoms with van der Waals surface area (Å²) in [5.41, 5.74) is 2.84. The number of hydrogen-bond donors (Lipinski definition) is 6. The van der Waals surface area contributed by atoms with E-state index in [9.17, 15) is 49.2 Å². The molecule has 0 radical (unpaired) electrons. The van der Waals surface area contributed by atoms with Gasteiger partial charge < -0.3 is 39.9 Å². The maximum absolute atomic E-state index is 12.9. The Balaban J connectivity index is 0.000000191. The Morgan fingerprint density at radius 2 is 1.04 bits per heavy atom. The topological polar surface area (TPSA) is 264 Å². The molecule has 2 amide bonds. The number of benzene rings is 6. The van der Waals surface area contributed by atoms with E-state index in [-0.39, 0.29) is 79.7 Å². The molecule has 70 heavy (non-hydrogen) atoms. The number of aromatic hydroxyl groups is 2. The molecule has 0 unspecified atom stereocenters. The lowest BCUT2D eigenvalue weighted by molar-refractivity contribution is 0.0686. The van der Waals surface area contributed by atoms with E-state index in [0.29, 0.717) is 55.4 Å². The number of aromatic nitrogens is 3. The fourth-order valence-electron chi connectivity index (χ4n) is 7.85. The quantitative estimate of drug-likeness (QED) is 0.0778. The monoisotopic (exact) mass is 943 g/mol. The van der Waals surface area contributed by atoms with Gasteiger partial charge in [0.2, 0.25) is 0 Å². The van der Waals surface area contributed by atoms with E-state index in [2.05, 4.69) is 20.9 Å². The van der Waals surface area contributed by atoms with Crippen LogP contribution in [0.4, 0.5) is 0 Å². The third kappa shape index (κ3) is 9.80. The summed E-state index contributed by atoms with van der Waals surface area (Å²) in [4.78, 5) is 73.9. The van der Waals surface area contributed by atoms with Crippen LogP contribution in [0, 0.1) is 0 Å². The number of phenolic OH excluding ortho intramolecular Hbond substituents is 2. The molecule has 2 aliphatic heterocycles. The SMILES string of the molecule is CC(C)(C)NC(=O)c1ccc(-c2c3ccc(=O)cc-3oc3cc(O)ccc23)c(C(=O)O)c1.CC(C)(C)n1cc(CNC(=O)c2ccc(-c3c4ccc(=O)cc-4oc4cc(O)ccc34)c(C(=O)O)c2)nn1. The molecule has 4 aromatic carbocycles. The van der Waals surface area contributed by atoms with Gasteiger partial charge in [-0.25, -0.2) is 14.3 Å². The van der Waals surface area contributed by atoms with Gasteiger partial charge in [0.1, 0.15) is 39.9 Å². The number of nitrogens with one attached hydrogen (secondary N) is 2. The summed E-state index contributed by atoms with van der Waals surface area (Å²) in [5, 5.41) is 54.7. The second kappa shape index (κ2) is 18.2. The summed E-state index contributed by atoms with van der Waals surface area (Å²) >= 11 is 0. The molecule has 0 atom stereocenters. The van der Waals surface area contributed by atoms with Crippen LogP contribution in [0.2, 0.25) is 0 Å². The highest BCUT2D eigenvalue weighted by Gasteiger charge is 2.26. The Bertz CT molecular complexity index is 3630. The minimum absolute atomic E-state index is 0.0301. The predicted octanol–water partition coefficient (Wildman–Crippen LogP) is 8.74. The summed E-state index contributed by atoms with van der Waals surface area (Å²) in [5.74, 6) is -2.86. The number of amides is 2. The van der Waals surface area contributed by atoms with Crippen LogP contribution in [0.1, 0.15) is 88.7 Å². The molecule has 6 N–H and O–H groups in total. The average molecular weight is 944 g/mol. The largest absolute Gasteiger partial charge is 0.508 e. The second-order valence-electron chi connectivity index (χ2n) is 18.5. The highest BCUT2D eigenvalue weighted by molar-refractivity contribution is 6.10. The van der Waals surface area contributed by atoms with Crippen molar-refractivity contribution in [3.63, 3.8) is 0 Å². The molecule has 3 heterocycles. The van der Waals surface area contributed by atoms with E-state index in [0.717, 1.165) is 0 Å². The van der Waals surface area contributed by atoms with E-state index in [4.69, 9.17) is 8.83 Å². The van der Waals surface area contributed by atoms with Crippen molar-refractivity contribution in [2.45, 2.75) is 59.2 Å². The van der Waals surface area contributed by atoms with Crippen molar-refractivity contribution < 1.29 is 48.4 Å². The van der Waals surface area contributed by atoms with Crippen molar-refractivity contribution in [3.05, 3.63) is 164 Å². The molecular weight excluding hydrogens is 899 g/mol. The normalized spacial score (nSPS) is 11.6. The molecule has 1 aromatic heterocycles. The Kier molecular flexibility index (Phi) is 12.3. The number of carbonyl (C=O) groups is 4. The lowest BCUT2D eigenvalue weighted by Gasteiger charge is -2.21. The first-order chi connectivity index (χ1) is 33.0. The summed E-state index contributed by atoms with van der Waals surface area (Å²) in [6.45, 7) is 11.6. The lowest BCUT2D eigenvalue weighted by atomic mass is 9.89. The number of fused-ring (bicyclic) bond motifs is 4. The van der Waals surface area contributed by atoms with Crippen LogP contribution in [0.5, 0.6) is 11.5 Å². The summed E-state index contributed by atoms with van der Waals surface area (Å²) in [6.07, 6.45) is 1.74. The third-order valence-corrected chi connectivity index (χ3v) is 11.1. The van der Waals surface area contributed by atoms with Crippen LogP contribution in [-0.4, -0.2) is 64.7 Å². The van der Waals surface area contributed by atoms with Gasteiger partial charge in [0.05, 0.1) is 29.4 Å². The molecular formula is C53H45N5O12. The van der Waals surface area contributed by atoms with Gasteiger partial charge in [-0.2, -0.15) is 0 Å². The van der Waals surface area contributed by atoms with E-state index >= 15 is 0 Å². The van der Waals surface area contributed by atoms with Crippen molar-refractivity contribution in [2.24, 2.45) is 0 Å². The molecule has 0 spiro atoms. The smallest absolute Gasteiger partial charge is 0.336 e. The van der Waals surface area contributed by atoms with Gasteiger partial charge in [-0.15, -0.1) is 5.10 Å². The number of aromatic carboxylic acids is 2. The molecule has 0 saturated heterocycles. The Labute approximate surface area is 397 Å². The molecule has 9 rings (SSSR count). The third-order valence-electron chi connectivity index (χ3n) is 11.1. The fourth-order valence-corrected chi connectivity index (χ4v) is 7.85. The lowest BCUT2D eigenvalue weighted by Crippen LogP contribution is -2.40. The molecule has 0 fully saturated rings. The number of nitrogens with zero attached hydrogens (tertiary/aromatic N) is 3. The van der Waals surface area contributed by atoms with Crippen molar-refractivity contribution >= 4 is 45.7 Å². The maximum atomic E-state index is 12.9. The highest BCUT2D eigenvalue weighted by atomic mass is 16.4. The first kappa shape index (κ1) is 47.4. The molecule has 2 aliphatic carbocycles. The van der Waals surface area contributed by atoms with Crippen molar-refractivity contribution in [3.8, 4) is 56.4 Å². The second-order valence-corrected chi connectivity index (χ2v) is 18.5. The van der Waals surface area contributed by atoms with Crippen LogP contribution in [-0.2, 0) is 12.1 Å². The molecule has 17 nitrogen and oxygen atoms in total. The van der Waals surface area contributed by atoms with E-state index in [1.54, 1.807) is 53.3 Å². The van der Waals surface area contributed by atoms with Crippen molar-refractivity contribution in [1.29, 1.82) is 0 Å². The molecule has 0 bridgehead atoms. The molecule has 5 aromatic rings. The number of hydrogen-bond acceptors (Lipinski definition) is 12. The van der Waals surface area contributed by atoms with E-state index < -0.39 is 23.4 Å². The summed E-state index contributed by atoms with van der Waals surface area (Å²) in [6, 6.07) is 26.4. The van der Waals surface area contributed by atoms with Gasteiger partial charge in [0.15, 0.2) is 10.9 Å². The molecule has 4 aliphatic rings. The molecule has 354 valence electrons. The predicted molar refractivity (Wildman–Crippen MR) is 260 cm³/mol. The molecule has 17 heteroatoms. The zero-order valence-electron chi connectivity index (χ0n) is 38.6. The number of phenols is 2. The highest BCUT2D eigenvalue weighted by Crippen LogP contribution is 2.44. The first-order valence-corrected chi connectivity index (χ1v) is 21.7. The minimum Gasteiger partial charge on any atom is -0.508 e. The maximum Gasteiger partial charge on any atom is 0.336 e. The Morgan fingerprint density at radius 1 is 0.586 bits per heavy atom. The van der Waals surface area contributed by atoms with Gasteiger partial charge in [-0.1, -0.05) is 17.3 Å². The van der Waals surface area contributed by atoms with Crippen LogP contribution in [0.3, 0.4) is 0 Å². The number of carbonyl (C=O) groups excluding carboxylic acids is 2. The van der Waals surface area contributed by atoms with Gasteiger partial charge in [-0.05, 0) is 125 Å². The van der Waals surface area contributed by atoms with E-state index in [1.807, 2.05) is 41.5 Å². The number of carboxylic acids is 2. The zero-order valence-corrected chi connectivity index (χ0v) is 38.6. The average Bonchev–Trinajstić information content (AvgIpc) is 3.79. The standard InChI is InChI=1S/C28H24N4O6.C25H21NO6/c1-28(2,3)32-14-16(30-31-32)13-29-26(35)15-4-7-19(22(10-15)27(36)37)25-20-8-5-17(33)11-23(20)38-24-12-18(34)6-9-21(24)25;1-25(2,3)26-23(29)13-4-7-16(19(10-13)24(30)31)22-17-8-5-14(27)11-20(17)32-21-12-15(28)6-9-18(21)22/h4-12,14,33H,13H2,1-3H3,(H,29,35)(H,36,37);4-12,27H,1-3H3,(H,26,29)(H,30,31). The zero-order chi connectivity index (χ0) is 50.4. The van der Waals surface area contributed by atoms with Gasteiger partial charge >= 0.3 is 11.9 Å². The Hall–Kier alpha value is -9.12. The minimum atomic E-state index is -1.23. The van der Waals surface area contributed by atoms with Gasteiger partial charge in [-0.3, -0.25) is 19.2 Å². The first-order valence-electron chi connectivity index (χ1n) is 21.7. The van der Waals surface area contributed by atoms with Crippen LogP contribution >= 0.6 is 0 Å². The van der Waals surface area contributed by atoms with Gasteiger partial charge in [0.25, 0.3) is 11.8 Å². The van der Waals surface area contributed by atoms with Crippen LogP contribution < -0.4 is 21.5 Å². The fraction of sp³-hybridized carbons (Fsp3) is 0.170. The van der Waals surface area contributed by atoms with Crippen LogP contribution in [0.25, 0.3) is 66.8 Å². The van der Waals surface area contributed by atoms with Gasteiger partial charge in [0, 0.05) is 74.0 Å². The summed E-state index contributed by atoms with van der Waals surface area (Å²) in [7, 11) is 0. The number of rotatable bonds is 8. The Morgan fingerprint density at radius 3 is 1.47 bits per heavy atom. The van der Waals surface area contributed by atoms with E-state index in [1.165, 1.54) is 66.7 Å².